The van der Waals surface area contributed by atoms with Gasteiger partial charge in [0.15, 0.2) is 0 Å². The number of ether oxygens (including phenoxy) is 2. The van der Waals surface area contributed by atoms with Crippen LogP contribution in [0.2, 0.25) is 0 Å². The van der Waals surface area contributed by atoms with Gasteiger partial charge in [-0.25, -0.2) is 4.79 Å². The normalized spacial score (nSPS) is 9.87. The van der Waals surface area contributed by atoms with Gasteiger partial charge in [0.2, 0.25) is 0 Å². The molecule has 0 spiro atoms. The van der Waals surface area contributed by atoms with Gasteiger partial charge in [-0.3, -0.25) is 0 Å². The van der Waals surface area contributed by atoms with Gasteiger partial charge in [0.25, 0.3) is 0 Å². The molecule has 0 atom stereocenters. The van der Waals surface area contributed by atoms with Crippen LogP contribution in [-0.4, -0.2) is 19.7 Å². The first-order chi connectivity index (χ1) is 7.11. The lowest BCUT2D eigenvalue weighted by molar-refractivity contribution is 0.0523. The zero-order valence-corrected chi connectivity index (χ0v) is 11.5. The Morgan fingerprint density at radius 3 is 2.60 bits per heavy atom. The first kappa shape index (κ1) is 12.5. The fraction of sp³-hybridized carbons (Fsp3) is 0.300. The maximum Gasteiger partial charge on any atom is 0.340 e. The Labute approximate surface area is 105 Å². The van der Waals surface area contributed by atoms with Crippen LogP contribution in [0.5, 0.6) is 5.75 Å². The SMILES string of the molecule is CCOC(=O)c1c(Br)ccc(OC)c1Br. The minimum absolute atomic E-state index is 0.342. The van der Waals surface area contributed by atoms with Crippen molar-refractivity contribution >= 4 is 37.8 Å². The number of carbonyl (C=O) groups excluding carboxylic acids is 1. The topological polar surface area (TPSA) is 35.5 Å². The molecule has 0 heterocycles. The Morgan fingerprint density at radius 1 is 1.40 bits per heavy atom. The number of hydrogen-bond donors (Lipinski definition) is 0. The average molecular weight is 338 g/mol. The highest BCUT2D eigenvalue weighted by Crippen LogP contribution is 2.34. The first-order valence-corrected chi connectivity index (χ1v) is 5.89. The van der Waals surface area contributed by atoms with Crippen LogP contribution in [0, 0.1) is 0 Å². The summed E-state index contributed by atoms with van der Waals surface area (Å²) >= 11 is 6.60. The maximum atomic E-state index is 11.6. The molecule has 0 aliphatic heterocycles. The number of halogens is 2. The maximum absolute atomic E-state index is 11.6. The molecule has 1 aromatic carbocycles. The molecule has 0 N–H and O–H groups in total. The van der Waals surface area contributed by atoms with Gasteiger partial charge in [-0.05, 0) is 50.9 Å². The molecular weight excluding hydrogens is 328 g/mol. The van der Waals surface area contributed by atoms with Crippen molar-refractivity contribution in [3.05, 3.63) is 26.6 Å². The van der Waals surface area contributed by atoms with E-state index >= 15 is 0 Å². The van der Waals surface area contributed by atoms with E-state index in [2.05, 4.69) is 31.9 Å². The van der Waals surface area contributed by atoms with Gasteiger partial charge in [-0.15, -0.1) is 0 Å². The fourth-order valence-electron chi connectivity index (χ4n) is 1.08. The van der Waals surface area contributed by atoms with Crippen molar-refractivity contribution in [1.82, 2.24) is 0 Å². The molecule has 0 aliphatic carbocycles. The second-order valence-corrected chi connectivity index (χ2v) is 4.31. The predicted molar refractivity (Wildman–Crippen MR) is 64.4 cm³/mol. The highest BCUT2D eigenvalue weighted by Gasteiger charge is 2.18. The quantitative estimate of drug-likeness (QED) is 0.793. The van der Waals surface area contributed by atoms with E-state index in [0.717, 1.165) is 0 Å². The smallest absolute Gasteiger partial charge is 0.340 e. The summed E-state index contributed by atoms with van der Waals surface area (Å²) in [5.74, 6) is 0.219. The molecule has 1 aromatic rings. The van der Waals surface area contributed by atoms with E-state index in [0.29, 0.717) is 26.9 Å². The Hall–Kier alpha value is -0.550. The van der Waals surface area contributed by atoms with Gasteiger partial charge in [0, 0.05) is 4.47 Å². The van der Waals surface area contributed by atoms with Crippen LogP contribution in [-0.2, 0) is 4.74 Å². The molecular formula is C10H10Br2O3. The van der Waals surface area contributed by atoms with E-state index in [4.69, 9.17) is 9.47 Å². The summed E-state index contributed by atoms with van der Waals surface area (Å²) in [4.78, 5) is 11.6. The molecule has 0 bridgehead atoms. The van der Waals surface area contributed by atoms with Crippen molar-refractivity contribution in [2.45, 2.75) is 6.92 Å². The molecule has 0 radical (unpaired) electrons. The largest absolute Gasteiger partial charge is 0.496 e. The van der Waals surface area contributed by atoms with Gasteiger partial charge in [0.05, 0.1) is 23.8 Å². The molecule has 0 unspecified atom stereocenters. The van der Waals surface area contributed by atoms with Gasteiger partial charge in [-0.1, -0.05) is 0 Å². The summed E-state index contributed by atoms with van der Waals surface area (Å²) in [5.41, 5.74) is 0.441. The summed E-state index contributed by atoms with van der Waals surface area (Å²) in [6, 6.07) is 3.51. The lowest BCUT2D eigenvalue weighted by Gasteiger charge is -2.10. The van der Waals surface area contributed by atoms with Crippen LogP contribution in [0.25, 0.3) is 0 Å². The molecule has 82 valence electrons. The second-order valence-electron chi connectivity index (χ2n) is 2.66. The number of methoxy groups -OCH3 is 1. The summed E-state index contributed by atoms with van der Waals surface area (Å²) in [7, 11) is 1.54. The highest BCUT2D eigenvalue weighted by atomic mass is 79.9. The molecule has 1 rings (SSSR count). The molecule has 0 saturated carbocycles. The third-order valence-corrected chi connectivity index (χ3v) is 3.20. The van der Waals surface area contributed by atoms with Gasteiger partial charge >= 0.3 is 5.97 Å². The van der Waals surface area contributed by atoms with Crippen LogP contribution < -0.4 is 4.74 Å². The Kier molecular flexibility index (Phi) is 4.60. The minimum Gasteiger partial charge on any atom is -0.496 e. The summed E-state index contributed by atoms with van der Waals surface area (Å²) < 4.78 is 11.3. The lowest BCUT2D eigenvalue weighted by Crippen LogP contribution is -2.07. The van der Waals surface area contributed by atoms with Crippen molar-refractivity contribution in [3.63, 3.8) is 0 Å². The van der Waals surface area contributed by atoms with Crippen LogP contribution >= 0.6 is 31.9 Å². The summed E-state index contributed by atoms with van der Waals surface area (Å²) in [6.07, 6.45) is 0. The molecule has 5 heteroatoms. The number of hydrogen-bond acceptors (Lipinski definition) is 3. The van der Waals surface area contributed by atoms with E-state index in [1.165, 1.54) is 0 Å². The van der Waals surface area contributed by atoms with Gasteiger partial charge in [-0.2, -0.15) is 0 Å². The van der Waals surface area contributed by atoms with E-state index in [1.54, 1.807) is 26.2 Å². The van der Waals surface area contributed by atoms with Crippen LogP contribution in [0.4, 0.5) is 0 Å². The molecule has 0 amide bonds. The van der Waals surface area contributed by atoms with E-state index < -0.39 is 0 Å². The fourth-order valence-corrected chi connectivity index (χ4v) is 2.51. The molecule has 0 fully saturated rings. The van der Waals surface area contributed by atoms with Crippen molar-refractivity contribution in [2.75, 3.05) is 13.7 Å². The molecule has 0 aliphatic rings. The number of carbonyl (C=O) groups is 1. The highest BCUT2D eigenvalue weighted by molar-refractivity contribution is 9.11. The van der Waals surface area contributed by atoms with Gasteiger partial charge < -0.3 is 9.47 Å². The van der Waals surface area contributed by atoms with E-state index in [1.807, 2.05) is 0 Å². The third-order valence-electron chi connectivity index (χ3n) is 1.76. The minimum atomic E-state index is -0.379. The molecule has 15 heavy (non-hydrogen) atoms. The Bertz CT molecular complexity index is 377. The molecule has 0 saturated heterocycles. The van der Waals surface area contributed by atoms with Crippen LogP contribution in [0.15, 0.2) is 21.1 Å². The predicted octanol–water partition coefficient (Wildman–Crippen LogP) is 3.40. The van der Waals surface area contributed by atoms with E-state index in [-0.39, 0.29) is 5.97 Å². The standard InChI is InChI=1S/C10H10Br2O3/c1-3-15-10(13)8-6(11)4-5-7(14-2)9(8)12/h4-5H,3H2,1-2H3. The van der Waals surface area contributed by atoms with Gasteiger partial charge in [0.1, 0.15) is 5.75 Å². The number of esters is 1. The number of rotatable bonds is 3. The molecule has 0 aromatic heterocycles. The average Bonchev–Trinajstić information content (AvgIpc) is 2.18. The molecule has 3 nitrogen and oxygen atoms in total. The Morgan fingerprint density at radius 2 is 2.07 bits per heavy atom. The monoisotopic (exact) mass is 336 g/mol. The zero-order valence-electron chi connectivity index (χ0n) is 8.34. The van der Waals surface area contributed by atoms with Crippen molar-refractivity contribution in [3.8, 4) is 5.75 Å². The summed E-state index contributed by atoms with van der Waals surface area (Å²) in [6.45, 7) is 2.11. The van der Waals surface area contributed by atoms with Crippen molar-refractivity contribution in [1.29, 1.82) is 0 Å². The second kappa shape index (κ2) is 5.51. The Balaban J connectivity index is 3.20. The van der Waals surface area contributed by atoms with E-state index in [9.17, 15) is 4.79 Å². The van der Waals surface area contributed by atoms with Crippen molar-refractivity contribution < 1.29 is 14.3 Å². The van der Waals surface area contributed by atoms with Crippen molar-refractivity contribution in [2.24, 2.45) is 0 Å². The first-order valence-electron chi connectivity index (χ1n) is 4.31. The van der Waals surface area contributed by atoms with Crippen LogP contribution in [0.3, 0.4) is 0 Å². The number of benzene rings is 1. The van der Waals surface area contributed by atoms with Crippen LogP contribution in [0.1, 0.15) is 17.3 Å². The lowest BCUT2D eigenvalue weighted by atomic mass is 10.2. The zero-order chi connectivity index (χ0) is 11.4. The third kappa shape index (κ3) is 2.72. The summed E-state index contributed by atoms with van der Waals surface area (Å²) in [5, 5.41) is 0.